The number of nitrogens with one attached hydrogen (secondary N) is 1. The minimum Gasteiger partial charge on any atom is -0.382 e. The fourth-order valence-electron chi connectivity index (χ4n) is 3.05. The van der Waals surface area contributed by atoms with Gasteiger partial charge in [0.05, 0.1) is 12.6 Å². The molecule has 0 aliphatic heterocycles. The summed E-state index contributed by atoms with van der Waals surface area (Å²) in [5, 5.41) is 12.7. The van der Waals surface area contributed by atoms with Crippen molar-refractivity contribution in [2.45, 2.75) is 40.2 Å². The monoisotopic (exact) mass is 374 g/mol. The highest BCUT2D eigenvalue weighted by Gasteiger charge is 2.19. The van der Waals surface area contributed by atoms with E-state index in [0.29, 0.717) is 34.4 Å². The third kappa shape index (κ3) is 3.50. The molecule has 1 atom stereocenters. The number of nitrogens with zero attached hydrogens (tertiary/aromatic N) is 5. The molecule has 0 aliphatic carbocycles. The van der Waals surface area contributed by atoms with Crippen molar-refractivity contribution in [2.24, 2.45) is 0 Å². The van der Waals surface area contributed by atoms with Crippen LogP contribution < -0.4 is 5.32 Å². The number of ether oxygens (including phenoxy) is 1. The lowest BCUT2D eigenvalue weighted by Gasteiger charge is -2.15. The van der Waals surface area contributed by atoms with Crippen molar-refractivity contribution in [3.8, 4) is 0 Å². The predicted octanol–water partition coefficient (Wildman–Crippen LogP) is 4.14. The molecule has 2 aromatic heterocycles. The summed E-state index contributed by atoms with van der Waals surface area (Å²) < 4.78 is 7.13. The number of aryl methyl sites for hydroxylation is 3. The molecule has 0 bridgehead atoms. The van der Waals surface area contributed by atoms with Crippen LogP contribution in [-0.2, 0) is 4.74 Å². The zero-order valence-corrected chi connectivity index (χ0v) is 16.4. The number of aromatic nitrogens is 5. The maximum absolute atomic E-state index is 6.14. The largest absolute Gasteiger partial charge is 0.382 e. The quantitative estimate of drug-likeness (QED) is 0.698. The van der Waals surface area contributed by atoms with Gasteiger partial charge in [-0.15, -0.1) is 5.10 Å². The third-order valence-corrected chi connectivity index (χ3v) is 4.57. The highest BCUT2D eigenvalue weighted by Crippen LogP contribution is 2.30. The van der Waals surface area contributed by atoms with E-state index in [4.69, 9.17) is 16.3 Å². The number of methoxy groups -OCH3 is 1. The molecule has 0 amide bonds. The van der Waals surface area contributed by atoms with E-state index in [0.717, 1.165) is 23.2 Å². The van der Waals surface area contributed by atoms with Gasteiger partial charge in [0.25, 0.3) is 0 Å². The van der Waals surface area contributed by atoms with Crippen LogP contribution in [0.15, 0.2) is 12.1 Å². The maximum atomic E-state index is 6.14. The van der Waals surface area contributed by atoms with E-state index in [9.17, 15) is 0 Å². The zero-order chi connectivity index (χ0) is 18.8. The average Bonchev–Trinajstić information content (AvgIpc) is 2.99. The Bertz CT molecular complexity index is 916. The number of benzene rings is 1. The molecular weight excluding hydrogens is 352 g/mol. The Balaban J connectivity index is 2.09. The molecule has 26 heavy (non-hydrogen) atoms. The van der Waals surface area contributed by atoms with Crippen molar-refractivity contribution in [1.29, 1.82) is 0 Å². The van der Waals surface area contributed by atoms with Crippen molar-refractivity contribution in [1.82, 2.24) is 25.0 Å². The molecule has 8 heteroatoms. The van der Waals surface area contributed by atoms with Gasteiger partial charge in [0.1, 0.15) is 5.82 Å². The molecule has 0 spiro atoms. The number of hydrogen-bond acceptors (Lipinski definition) is 6. The van der Waals surface area contributed by atoms with Crippen LogP contribution in [0.4, 0.5) is 11.5 Å². The first-order chi connectivity index (χ1) is 12.4. The fraction of sp³-hybridized carbons (Fsp3) is 0.444. The van der Waals surface area contributed by atoms with Crippen LogP contribution in [0.2, 0.25) is 5.02 Å². The van der Waals surface area contributed by atoms with E-state index in [-0.39, 0.29) is 6.04 Å². The number of hydrogen-bond donors (Lipinski definition) is 1. The Labute approximate surface area is 157 Å². The fourth-order valence-corrected chi connectivity index (χ4v) is 3.38. The first-order valence-corrected chi connectivity index (χ1v) is 8.94. The summed E-state index contributed by atoms with van der Waals surface area (Å²) in [4.78, 5) is 9.10. The Morgan fingerprint density at radius 1 is 1.19 bits per heavy atom. The minimum absolute atomic E-state index is 0.0751. The molecule has 0 radical (unpaired) electrons. The van der Waals surface area contributed by atoms with E-state index in [1.807, 2.05) is 37.6 Å². The van der Waals surface area contributed by atoms with Gasteiger partial charge in [-0.1, -0.05) is 23.7 Å². The zero-order valence-electron chi connectivity index (χ0n) is 15.7. The van der Waals surface area contributed by atoms with Crippen LogP contribution in [0.25, 0.3) is 11.2 Å². The standard InChI is InChI=1S/C18H23ClN6O/c1-6-14(9-26-5)25-18-16(23-24-25)17(20-12(4)21-18)22-15-10(2)7-13(19)8-11(15)3/h7-8,14H,6,9H2,1-5H3,(H,20,21,22). The van der Waals surface area contributed by atoms with Crippen LogP contribution in [0.5, 0.6) is 0 Å². The van der Waals surface area contributed by atoms with E-state index < -0.39 is 0 Å². The number of fused-ring (bicyclic) bond motifs is 1. The molecular formula is C18H23ClN6O. The van der Waals surface area contributed by atoms with Gasteiger partial charge in [-0.25, -0.2) is 14.6 Å². The Morgan fingerprint density at radius 3 is 2.50 bits per heavy atom. The van der Waals surface area contributed by atoms with E-state index in [2.05, 4.69) is 32.5 Å². The molecule has 1 unspecified atom stereocenters. The molecule has 2 heterocycles. The van der Waals surface area contributed by atoms with Crippen LogP contribution >= 0.6 is 11.6 Å². The lowest BCUT2D eigenvalue weighted by molar-refractivity contribution is 0.148. The third-order valence-electron chi connectivity index (χ3n) is 4.35. The summed E-state index contributed by atoms with van der Waals surface area (Å²) in [6.07, 6.45) is 0.869. The first kappa shape index (κ1) is 18.5. The number of rotatable bonds is 6. The van der Waals surface area contributed by atoms with Crippen molar-refractivity contribution in [2.75, 3.05) is 19.0 Å². The maximum Gasteiger partial charge on any atom is 0.184 e. The van der Waals surface area contributed by atoms with Crippen LogP contribution in [0, 0.1) is 20.8 Å². The van der Waals surface area contributed by atoms with Gasteiger partial charge >= 0.3 is 0 Å². The van der Waals surface area contributed by atoms with Crippen LogP contribution in [0.1, 0.15) is 36.3 Å². The Hall–Kier alpha value is -2.25. The molecule has 3 aromatic rings. The normalized spacial score (nSPS) is 12.5. The molecule has 7 nitrogen and oxygen atoms in total. The van der Waals surface area contributed by atoms with Gasteiger partial charge in [-0.3, -0.25) is 0 Å². The smallest absolute Gasteiger partial charge is 0.184 e. The summed E-state index contributed by atoms with van der Waals surface area (Å²) in [6, 6.07) is 3.92. The molecule has 1 N–H and O–H groups in total. The van der Waals surface area contributed by atoms with Gasteiger partial charge in [-0.2, -0.15) is 0 Å². The average molecular weight is 375 g/mol. The summed E-state index contributed by atoms with van der Waals surface area (Å²) >= 11 is 6.14. The number of anilines is 2. The van der Waals surface area contributed by atoms with Crippen molar-refractivity contribution >= 4 is 34.3 Å². The van der Waals surface area contributed by atoms with Gasteiger partial charge in [0.2, 0.25) is 0 Å². The van der Waals surface area contributed by atoms with Crippen molar-refractivity contribution in [3.63, 3.8) is 0 Å². The molecule has 3 rings (SSSR count). The first-order valence-electron chi connectivity index (χ1n) is 8.56. The highest BCUT2D eigenvalue weighted by molar-refractivity contribution is 6.30. The highest BCUT2D eigenvalue weighted by atomic mass is 35.5. The van der Waals surface area contributed by atoms with E-state index >= 15 is 0 Å². The summed E-state index contributed by atoms with van der Waals surface area (Å²) in [5.41, 5.74) is 4.38. The van der Waals surface area contributed by atoms with Crippen molar-refractivity contribution < 1.29 is 4.74 Å². The van der Waals surface area contributed by atoms with Crippen LogP contribution in [0.3, 0.4) is 0 Å². The molecule has 1 aromatic carbocycles. The molecule has 0 aliphatic rings. The molecule has 138 valence electrons. The van der Waals surface area contributed by atoms with Crippen LogP contribution in [-0.4, -0.2) is 38.7 Å². The summed E-state index contributed by atoms with van der Waals surface area (Å²) in [7, 11) is 1.68. The topological polar surface area (TPSA) is 77.8 Å². The summed E-state index contributed by atoms with van der Waals surface area (Å²) in [5.74, 6) is 1.29. The SMILES string of the molecule is CCC(COC)n1nnc2c(Nc3c(C)cc(Cl)cc3C)nc(C)nc21. The van der Waals surface area contributed by atoms with E-state index in [1.165, 1.54) is 0 Å². The Morgan fingerprint density at radius 2 is 1.88 bits per heavy atom. The van der Waals surface area contributed by atoms with Crippen molar-refractivity contribution in [3.05, 3.63) is 34.1 Å². The Kier molecular flexibility index (Phi) is 5.38. The van der Waals surface area contributed by atoms with Gasteiger partial charge < -0.3 is 10.1 Å². The molecule has 0 fully saturated rings. The molecule has 0 saturated heterocycles. The second-order valence-corrected chi connectivity index (χ2v) is 6.82. The van der Waals surface area contributed by atoms with Gasteiger partial charge in [0, 0.05) is 17.8 Å². The second kappa shape index (κ2) is 7.55. The number of halogens is 1. The summed E-state index contributed by atoms with van der Waals surface area (Å²) in [6.45, 7) is 8.52. The second-order valence-electron chi connectivity index (χ2n) is 6.38. The lowest BCUT2D eigenvalue weighted by Crippen LogP contribution is -2.16. The minimum atomic E-state index is 0.0751. The lowest BCUT2D eigenvalue weighted by atomic mass is 10.1. The van der Waals surface area contributed by atoms with Gasteiger partial charge in [-0.05, 0) is 50.5 Å². The van der Waals surface area contributed by atoms with E-state index in [1.54, 1.807) is 7.11 Å². The molecule has 0 saturated carbocycles. The predicted molar refractivity (Wildman–Crippen MR) is 103 cm³/mol. The van der Waals surface area contributed by atoms with Gasteiger partial charge in [0.15, 0.2) is 17.0 Å².